The smallest absolute Gasteiger partial charge is 0.173 e. The maximum Gasteiger partial charge on any atom is 0.173 e. The van der Waals surface area contributed by atoms with Crippen LogP contribution in [-0.2, 0) is 0 Å². The Morgan fingerprint density at radius 3 is 2.78 bits per heavy atom. The molecular weight excluding hydrogens is 294 g/mol. The van der Waals surface area contributed by atoms with Crippen molar-refractivity contribution in [2.24, 2.45) is 10.9 Å². The highest BCUT2D eigenvalue weighted by molar-refractivity contribution is 9.10. The van der Waals surface area contributed by atoms with Crippen molar-refractivity contribution in [1.29, 1.82) is 0 Å². The van der Waals surface area contributed by atoms with E-state index in [1.807, 2.05) is 25.2 Å². The average Bonchev–Trinajstić information content (AvgIpc) is 2.37. The van der Waals surface area contributed by atoms with Gasteiger partial charge in [-0.2, -0.15) is 0 Å². The third-order valence-electron chi connectivity index (χ3n) is 3.10. The number of nitrogens with two attached hydrogens (primary N) is 1. The van der Waals surface area contributed by atoms with E-state index in [1.165, 1.54) is 0 Å². The van der Waals surface area contributed by atoms with E-state index < -0.39 is 0 Å². The minimum Gasteiger partial charge on any atom is -0.409 e. The molecule has 0 fully saturated rings. The summed E-state index contributed by atoms with van der Waals surface area (Å²) in [5.41, 5.74) is 7.44. The van der Waals surface area contributed by atoms with Gasteiger partial charge in [-0.15, -0.1) is 0 Å². The normalized spacial score (nSPS) is 13.4. The van der Waals surface area contributed by atoms with Gasteiger partial charge in [-0.1, -0.05) is 24.6 Å². The van der Waals surface area contributed by atoms with Gasteiger partial charge in [-0.3, -0.25) is 0 Å². The summed E-state index contributed by atoms with van der Waals surface area (Å²) in [7, 11) is 2.02. The Morgan fingerprint density at radius 1 is 1.56 bits per heavy atom. The molecule has 1 atom stereocenters. The van der Waals surface area contributed by atoms with Crippen molar-refractivity contribution in [3.8, 4) is 0 Å². The van der Waals surface area contributed by atoms with Crippen molar-refractivity contribution < 1.29 is 5.21 Å². The Balaban J connectivity index is 3.20. The highest BCUT2D eigenvalue weighted by atomic mass is 79.9. The molecule has 3 N–H and O–H groups in total. The van der Waals surface area contributed by atoms with Gasteiger partial charge in [-0.25, -0.2) is 0 Å². The molecule has 18 heavy (non-hydrogen) atoms. The predicted molar refractivity (Wildman–Crippen MR) is 79.4 cm³/mol. The van der Waals surface area contributed by atoms with Crippen LogP contribution in [0.4, 0.5) is 5.69 Å². The lowest BCUT2D eigenvalue weighted by Crippen LogP contribution is -2.31. The van der Waals surface area contributed by atoms with E-state index in [0.717, 1.165) is 28.6 Å². The summed E-state index contributed by atoms with van der Waals surface area (Å²) >= 11 is 3.45. The fourth-order valence-electron chi connectivity index (χ4n) is 1.96. The SMILES string of the molecule is CCCC(C)N(C)c1cccc(Br)c1/C(N)=N/O. The van der Waals surface area contributed by atoms with Crippen molar-refractivity contribution >= 4 is 27.5 Å². The molecule has 100 valence electrons. The number of halogens is 1. The zero-order chi connectivity index (χ0) is 13.7. The van der Waals surface area contributed by atoms with Crippen molar-refractivity contribution in [2.75, 3.05) is 11.9 Å². The van der Waals surface area contributed by atoms with Crippen molar-refractivity contribution in [1.82, 2.24) is 0 Å². The maximum atomic E-state index is 8.88. The van der Waals surface area contributed by atoms with Gasteiger partial charge < -0.3 is 15.8 Å². The number of nitrogens with zero attached hydrogens (tertiary/aromatic N) is 2. The Labute approximate surface area is 117 Å². The number of hydrogen-bond acceptors (Lipinski definition) is 3. The topological polar surface area (TPSA) is 61.8 Å². The van der Waals surface area contributed by atoms with Crippen LogP contribution in [0.2, 0.25) is 0 Å². The fraction of sp³-hybridized carbons (Fsp3) is 0.462. The van der Waals surface area contributed by atoms with Crippen molar-refractivity contribution in [3.63, 3.8) is 0 Å². The molecule has 0 aliphatic rings. The summed E-state index contributed by atoms with van der Waals surface area (Å²) in [5, 5.41) is 12.0. The van der Waals surface area contributed by atoms with Crippen LogP contribution in [0.5, 0.6) is 0 Å². The lowest BCUT2D eigenvalue weighted by Gasteiger charge is -2.29. The molecule has 1 aromatic rings. The zero-order valence-electron chi connectivity index (χ0n) is 11.0. The molecule has 1 unspecified atom stereocenters. The Morgan fingerprint density at radius 2 is 2.22 bits per heavy atom. The van der Waals surface area contributed by atoms with Crippen LogP contribution in [0.25, 0.3) is 0 Å². The summed E-state index contributed by atoms with van der Waals surface area (Å²) in [6.07, 6.45) is 2.22. The Hall–Kier alpha value is -1.23. The minimum absolute atomic E-state index is 0.119. The van der Waals surface area contributed by atoms with Crippen LogP contribution >= 0.6 is 15.9 Å². The van der Waals surface area contributed by atoms with Crippen LogP contribution in [0.1, 0.15) is 32.3 Å². The second-order valence-electron chi connectivity index (χ2n) is 4.37. The van der Waals surface area contributed by atoms with Crippen molar-refractivity contribution in [3.05, 3.63) is 28.2 Å². The lowest BCUT2D eigenvalue weighted by atomic mass is 10.1. The summed E-state index contributed by atoms with van der Waals surface area (Å²) in [5.74, 6) is 0.119. The predicted octanol–water partition coefficient (Wildman–Crippen LogP) is 3.17. The van der Waals surface area contributed by atoms with E-state index >= 15 is 0 Å². The van der Waals surface area contributed by atoms with E-state index in [9.17, 15) is 0 Å². The van der Waals surface area contributed by atoms with E-state index in [0.29, 0.717) is 6.04 Å². The second kappa shape index (κ2) is 6.64. The molecule has 0 heterocycles. The van der Waals surface area contributed by atoms with Gasteiger partial charge in [-0.05, 0) is 41.4 Å². The molecule has 0 aromatic heterocycles. The third kappa shape index (κ3) is 3.16. The van der Waals surface area contributed by atoms with Crippen LogP contribution in [0.15, 0.2) is 27.8 Å². The van der Waals surface area contributed by atoms with E-state index in [1.54, 1.807) is 0 Å². The first kappa shape index (κ1) is 14.8. The molecule has 0 saturated heterocycles. The fourth-order valence-corrected chi connectivity index (χ4v) is 2.52. The van der Waals surface area contributed by atoms with Crippen LogP contribution in [0, 0.1) is 0 Å². The number of benzene rings is 1. The second-order valence-corrected chi connectivity index (χ2v) is 5.22. The number of rotatable bonds is 5. The van der Waals surface area contributed by atoms with Crippen molar-refractivity contribution in [2.45, 2.75) is 32.7 Å². The Kier molecular flexibility index (Phi) is 5.47. The number of hydrogen-bond donors (Lipinski definition) is 2. The number of anilines is 1. The Bertz CT molecular complexity index is 434. The van der Waals surface area contributed by atoms with Crippen LogP contribution in [-0.4, -0.2) is 24.1 Å². The quantitative estimate of drug-likeness (QED) is 0.380. The first-order valence-electron chi connectivity index (χ1n) is 6.02. The van der Waals surface area contributed by atoms with E-state index in [-0.39, 0.29) is 5.84 Å². The highest BCUT2D eigenvalue weighted by Crippen LogP contribution is 2.28. The summed E-state index contributed by atoms with van der Waals surface area (Å²) in [6, 6.07) is 6.21. The minimum atomic E-state index is 0.119. The largest absolute Gasteiger partial charge is 0.409 e. The first-order valence-corrected chi connectivity index (χ1v) is 6.81. The molecule has 5 heteroatoms. The molecule has 1 rings (SSSR count). The molecule has 0 bridgehead atoms. The molecule has 0 amide bonds. The van der Waals surface area contributed by atoms with Gasteiger partial charge in [0.25, 0.3) is 0 Å². The lowest BCUT2D eigenvalue weighted by molar-refractivity contribution is 0.318. The van der Waals surface area contributed by atoms with Crippen LogP contribution in [0.3, 0.4) is 0 Å². The van der Waals surface area contributed by atoms with Gasteiger partial charge >= 0.3 is 0 Å². The number of oxime groups is 1. The van der Waals surface area contributed by atoms with Crippen LogP contribution < -0.4 is 10.6 Å². The first-order chi connectivity index (χ1) is 8.52. The van der Waals surface area contributed by atoms with E-state index in [4.69, 9.17) is 10.9 Å². The molecule has 4 nitrogen and oxygen atoms in total. The number of amidine groups is 1. The molecule has 1 aromatic carbocycles. The molecular formula is C13H20BrN3O. The maximum absolute atomic E-state index is 8.88. The van der Waals surface area contributed by atoms with Gasteiger partial charge in [0.05, 0.1) is 5.56 Å². The summed E-state index contributed by atoms with van der Waals surface area (Å²) in [6.45, 7) is 4.33. The third-order valence-corrected chi connectivity index (χ3v) is 3.76. The summed E-state index contributed by atoms with van der Waals surface area (Å²) < 4.78 is 0.825. The molecule has 0 aliphatic heterocycles. The standard InChI is InChI=1S/C13H20BrN3O/c1-4-6-9(2)17(3)11-8-5-7-10(14)12(11)13(15)16-18/h5,7-9,18H,4,6H2,1-3H3,(H2,15,16). The van der Waals surface area contributed by atoms with Gasteiger partial charge in [0.15, 0.2) is 5.84 Å². The average molecular weight is 314 g/mol. The molecule has 0 saturated carbocycles. The summed E-state index contributed by atoms with van der Waals surface area (Å²) in [4.78, 5) is 2.15. The van der Waals surface area contributed by atoms with Gasteiger partial charge in [0, 0.05) is 23.2 Å². The monoisotopic (exact) mass is 313 g/mol. The molecule has 0 radical (unpaired) electrons. The highest BCUT2D eigenvalue weighted by Gasteiger charge is 2.17. The van der Waals surface area contributed by atoms with Gasteiger partial charge in [0.1, 0.15) is 0 Å². The van der Waals surface area contributed by atoms with E-state index in [2.05, 4.69) is 39.8 Å². The molecule has 0 aliphatic carbocycles. The molecule has 0 spiro atoms. The van der Waals surface area contributed by atoms with Gasteiger partial charge in [0.2, 0.25) is 0 Å². The zero-order valence-corrected chi connectivity index (χ0v) is 12.6.